The number of benzene rings is 1. The Morgan fingerprint density at radius 3 is 2.84 bits per heavy atom. The smallest absolute Gasteiger partial charge is 0.261 e. The van der Waals surface area contributed by atoms with E-state index in [1.807, 2.05) is 44.0 Å². The van der Waals surface area contributed by atoms with Crippen molar-refractivity contribution >= 4 is 38.9 Å². The number of carbonyl (C=O) groups excluding carboxylic acids is 2. The highest BCUT2D eigenvalue weighted by molar-refractivity contribution is 7.21. The summed E-state index contributed by atoms with van der Waals surface area (Å²) in [5.41, 5.74) is 3.13. The van der Waals surface area contributed by atoms with Crippen LogP contribution in [0.2, 0.25) is 0 Å². The predicted octanol–water partition coefficient (Wildman–Crippen LogP) is 4.02. The third-order valence-corrected chi connectivity index (χ3v) is 7.04. The SMILES string of the molecule is Cc1cnc2c(C(=O)N3CCC(c4c(C(=O)NC(C)C)sc5ccccc45)C3)cnn2c1. The minimum atomic E-state index is -0.0634. The van der Waals surface area contributed by atoms with Crippen molar-refractivity contribution in [3.8, 4) is 0 Å². The van der Waals surface area contributed by atoms with Gasteiger partial charge in [-0.25, -0.2) is 9.50 Å². The molecule has 7 nitrogen and oxygen atoms in total. The molecule has 3 aromatic heterocycles. The van der Waals surface area contributed by atoms with E-state index in [2.05, 4.69) is 27.5 Å². The van der Waals surface area contributed by atoms with Crippen LogP contribution in [-0.4, -0.2) is 50.4 Å². The van der Waals surface area contributed by atoms with Gasteiger partial charge in [0.2, 0.25) is 0 Å². The van der Waals surface area contributed by atoms with Gasteiger partial charge in [-0.05, 0) is 49.8 Å². The van der Waals surface area contributed by atoms with Crippen LogP contribution in [0.5, 0.6) is 0 Å². The molecule has 0 saturated carbocycles. The van der Waals surface area contributed by atoms with E-state index in [-0.39, 0.29) is 23.8 Å². The molecule has 32 heavy (non-hydrogen) atoms. The fourth-order valence-corrected chi connectivity index (χ4v) is 5.63. The number of thiophene rings is 1. The van der Waals surface area contributed by atoms with Crippen molar-refractivity contribution in [2.24, 2.45) is 0 Å². The third kappa shape index (κ3) is 3.54. The molecule has 4 aromatic rings. The zero-order valence-electron chi connectivity index (χ0n) is 18.3. The summed E-state index contributed by atoms with van der Waals surface area (Å²) in [6.07, 6.45) is 6.03. The van der Waals surface area contributed by atoms with Crippen LogP contribution in [0, 0.1) is 6.92 Å². The number of nitrogens with one attached hydrogen (secondary N) is 1. The highest BCUT2D eigenvalue weighted by Crippen LogP contribution is 2.40. The summed E-state index contributed by atoms with van der Waals surface area (Å²) in [6.45, 7) is 7.09. The molecule has 0 radical (unpaired) electrons. The summed E-state index contributed by atoms with van der Waals surface area (Å²) in [6, 6.07) is 8.20. The zero-order chi connectivity index (χ0) is 22.4. The zero-order valence-corrected chi connectivity index (χ0v) is 19.1. The lowest BCUT2D eigenvalue weighted by Gasteiger charge is -2.17. The largest absolute Gasteiger partial charge is 0.349 e. The lowest BCUT2D eigenvalue weighted by atomic mass is 9.95. The van der Waals surface area contributed by atoms with E-state index >= 15 is 0 Å². The highest BCUT2D eigenvalue weighted by atomic mass is 32.1. The lowest BCUT2D eigenvalue weighted by molar-refractivity contribution is 0.0792. The van der Waals surface area contributed by atoms with Gasteiger partial charge in [0, 0.05) is 42.1 Å². The maximum Gasteiger partial charge on any atom is 0.261 e. The molecule has 2 amide bonds. The Morgan fingerprint density at radius 2 is 2.03 bits per heavy atom. The number of fused-ring (bicyclic) bond motifs is 2. The highest BCUT2D eigenvalue weighted by Gasteiger charge is 2.34. The second kappa shape index (κ2) is 8.02. The molecule has 1 N–H and O–H groups in total. The molecule has 8 heteroatoms. The number of hydrogen-bond donors (Lipinski definition) is 1. The molecule has 5 rings (SSSR count). The fraction of sp³-hybridized carbons (Fsp3) is 0.333. The van der Waals surface area contributed by atoms with Gasteiger partial charge in [-0.15, -0.1) is 11.3 Å². The van der Waals surface area contributed by atoms with Gasteiger partial charge in [0.05, 0.1) is 11.1 Å². The van der Waals surface area contributed by atoms with Crippen LogP contribution >= 0.6 is 11.3 Å². The van der Waals surface area contributed by atoms with Crippen molar-refractivity contribution in [2.75, 3.05) is 13.1 Å². The van der Waals surface area contributed by atoms with Crippen LogP contribution < -0.4 is 5.32 Å². The Balaban J connectivity index is 1.46. The maximum atomic E-state index is 13.3. The topological polar surface area (TPSA) is 79.6 Å². The predicted molar refractivity (Wildman–Crippen MR) is 125 cm³/mol. The number of rotatable bonds is 4. The van der Waals surface area contributed by atoms with E-state index in [1.165, 1.54) is 11.3 Å². The molecule has 1 saturated heterocycles. The fourth-order valence-electron chi connectivity index (χ4n) is 4.44. The molecule has 0 bridgehead atoms. The quantitative estimate of drug-likeness (QED) is 0.512. The van der Waals surface area contributed by atoms with E-state index in [0.29, 0.717) is 24.3 Å². The third-order valence-electron chi connectivity index (χ3n) is 5.86. The van der Waals surface area contributed by atoms with Gasteiger partial charge >= 0.3 is 0 Å². The molecule has 0 spiro atoms. The van der Waals surface area contributed by atoms with Crippen molar-refractivity contribution in [1.82, 2.24) is 24.8 Å². The molecular weight excluding hydrogens is 422 g/mol. The van der Waals surface area contributed by atoms with Gasteiger partial charge in [-0.3, -0.25) is 9.59 Å². The first-order valence-corrected chi connectivity index (χ1v) is 11.7. The van der Waals surface area contributed by atoms with Gasteiger partial charge in [0.1, 0.15) is 5.56 Å². The van der Waals surface area contributed by atoms with Crippen molar-refractivity contribution in [2.45, 2.75) is 39.2 Å². The minimum Gasteiger partial charge on any atom is -0.349 e. The molecule has 1 atom stereocenters. The number of aryl methyl sites for hydroxylation is 1. The van der Waals surface area contributed by atoms with Crippen molar-refractivity contribution < 1.29 is 9.59 Å². The van der Waals surface area contributed by atoms with Crippen LogP contribution in [0.3, 0.4) is 0 Å². The van der Waals surface area contributed by atoms with Gasteiger partial charge in [-0.2, -0.15) is 5.10 Å². The average Bonchev–Trinajstić information content (AvgIpc) is 3.48. The molecule has 1 unspecified atom stereocenters. The molecule has 1 aliphatic heterocycles. The lowest BCUT2D eigenvalue weighted by Crippen LogP contribution is -2.31. The van der Waals surface area contributed by atoms with Crippen molar-refractivity contribution in [3.63, 3.8) is 0 Å². The van der Waals surface area contributed by atoms with E-state index in [9.17, 15) is 9.59 Å². The van der Waals surface area contributed by atoms with E-state index in [4.69, 9.17) is 0 Å². The first-order valence-electron chi connectivity index (χ1n) is 10.8. The van der Waals surface area contributed by atoms with Crippen molar-refractivity contribution in [1.29, 1.82) is 0 Å². The second-order valence-corrected chi connectivity index (χ2v) is 9.72. The number of aromatic nitrogens is 3. The van der Waals surface area contributed by atoms with E-state index in [1.54, 1.807) is 16.9 Å². The first kappa shape index (κ1) is 20.6. The summed E-state index contributed by atoms with van der Waals surface area (Å²) < 4.78 is 2.75. The summed E-state index contributed by atoms with van der Waals surface area (Å²) in [5.74, 6) is 0.00907. The van der Waals surface area contributed by atoms with Gasteiger partial charge in [0.25, 0.3) is 11.8 Å². The Hall–Kier alpha value is -3.26. The molecule has 4 heterocycles. The van der Waals surface area contributed by atoms with E-state index in [0.717, 1.165) is 32.5 Å². The Morgan fingerprint density at radius 1 is 1.22 bits per heavy atom. The number of carbonyl (C=O) groups is 2. The number of hydrogen-bond acceptors (Lipinski definition) is 5. The maximum absolute atomic E-state index is 13.3. The van der Waals surface area contributed by atoms with Crippen LogP contribution in [-0.2, 0) is 0 Å². The monoisotopic (exact) mass is 447 g/mol. The number of amides is 2. The summed E-state index contributed by atoms with van der Waals surface area (Å²) in [5, 5.41) is 8.45. The van der Waals surface area contributed by atoms with Crippen LogP contribution in [0.25, 0.3) is 15.7 Å². The summed E-state index contributed by atoms with van der Waals surface area (Å²) in [4.78, 5) is 33.3. The number of nitrogens with zero attached hydrogens (tertiary/aromatic N) is 4. The molecule has 1 fully saturated rings. The average molecular weight is 448 g/mol. The molecule has 164 valence electrons. The van der Waals surface area contributed by atoms with Gasteiger partial charge in [-0.1, -0.05) is 18.2 Å². The molecule has 1 aliphatic rings. The first-order chi connectivity index (χ1) is 15.4. The van der Waals surface area contributed by atoms with Gasteiger partial charge < -0.3 is 10.2 Å². The summed E-state index contributed by atoms with van der Waals surface area (Å²) in [7, 11) is 0. The van der Waals surface area contributed by atoms with Crippen LogP contribution in [0.1, 0.15) is 57.3 Å². The summed E-state index contributed by atoms with van der Waals surface area (Å²) >= 11 is 1.53. The standard InChI is InChI=1S/C24H25N5O2S/c1-14(2)27-23(30)21-20(17-6-4-5-7-19(17)32-21)16-8-9-28(13-16)24(31)18-11-26-29-12-15(3)10-25-22(18)29/h4-7,10-12,14,16H,8-9,13H2,1-3H3,(H,27,30). The van der Waals surface area contributed by atoms with Crippen LogP contribution in [0.15, 0.2) is 42.9 Å². The van der Waals surface area contributed by atoms with Gasteiger partial charge in [0.15, 0.2) is 5.65 Å². The molecule has 1 aromatic carbocycles. The number of likely N-dealkylation sites (tertiary alicyclic amines) is 1. The Labute approximate surface area is 190 Å². The van der Waals surface area contributed by atoms with Crippen LogP contribution in [0.4, 0.5) is 0 Å². The van der Waals surface area contributed by atoms with E-state index < -0.39 is 0 Å². The Kier molecular flexibility index (Phi) is 5.17. The van der Waals surface area contributed by atoms with Crippen molar-refractivity contribution in [3.05, 3.63) is 64.4 Å². The normalized spacial score (nSPS) is 16.4. The molecule has 0 aliphatic carbocycles. The Bertz CT molecular complexity index is 1340. The molecular formula is C24H25N5O2S. The minimum absolute atomic E-state index is 0.0387. The second-order valence-electron chi connectivity index (χ2n) is 8.66.